The minimum atomic E-state index is -7.29. The molecule has 12 heteroatoms. The van der Waals surface area contributed by atoms with Gasteiger partial charge >= 0.3 is 29.7 Å². The molecule has 0 aliphatic rings. The second-order valence-corrected chi connectivity index (χ2v) is 4.54. The molecule has 0 fully saturated rings. The Balaban J connectivity index is 5.78. The number of unbranched alkanes of at least 4 members (excludes halogenated alkanes) is 1. The van der Waals surface area contributed by atoms with Crippen molar-refractivity contribution in [1.82, 2.24) is 0 Å². The van der Waals surface area contributed by atoms with Gasteiger partial charge in [-0.2, -0.15) is 39.5 Å². The zero-order valence-corrected chi connectivity index (χ0v) is 10.9. The molecule has 2 N–H and O–H groups in total. The van der Waals surface area contributed by atoms with Crippen molar-refractivity contribution in [3.8, 4) is 0 Å². The van der Waals surface area contributed by atoms with E-state index in [1.807, 2.05) is 0 Å². The SMILES string of the molecule is CCCCC(F)C(F)(F)C(F)(F)C(F)(F)C(F)(F)C(O)(O)F. The average molecular weight is 354 g/mol. The number of hydrogen-bond donors (Lipinski definition) is 2. The van der Waals surface area contributed by atoms with Crippen LogP contribution in [0.2, 0.25) is 0 Å². The Bertz CT molecular complexity index is 376. The van der Waals surface area contributed by atoms with Crippen LogP contribution in [-0.4, -0.2) is 46.1 Å². The molecule has 1 unspecified atom stereocenters. The molecular formula is C10H12F10O2. The van der Waals surface area contributed by atoms with Gasteiger partial charge in [0.2, 0.25) is 0 Å². The molecule has 0 spiro atoms. The van der Waals surface area contributed by atoms with Gasteiger partial charge in [0.25, 0.3) is 0 Å². The van der Waals surface area contributed by atoms with Crippen LogP contribution in [0.25, 0.3) is 0 Å². The van der Waals surface area contributed by atoms with E-state index in [2.05, 4.69) is 0 Å². The molecule has 0 saturated carbocycles. The lowest BCUT2D eigenvalue weighted by Gasteiger charge is -2.39. The summed E-state index contributed by atoms with van der Waals surface area (Å²) in [4.78, 5) is 0. The Morgan fingerprint density at radius 3 is 1.50 bits per heavy atom. The quantitative estimate of drug-likeness (QED) is 0.516. The molecule has 0 aliphatic heterocycles. The van der Waals surface area contributed by atoms with Gasteiger partial charge in [-0.05, 0) is 6.42 Å². The van der Waals surface area contributed by atoms with Gasteiger partial charge in [0, 0.05) is 0 Å². The van der Waals surface area contributed by atoms with Crippen LogP contribution >= 0.6 is 0 Å². The van der Waals surface area contributed by atoms with Gasteiger partial charge in [0.1, 0.15) is 0 Å². The molecule has 0 saturated heterocycles. The maximum atomic E-state index is 13.1. The van der Waals surface area contributed by atoms with Gasteiger partial charge in [-0.3, -0.25) is 0 Å². The first-order valence-corrected chi connectivity index (χ1v) is 5.77. The molecule has 0 bridgehead atoms. The van der Waals surface area contributed by atoms with Gasteiger partial charge in [0.05, 0.1) is 0 Å². The van der Waals surface area contributed by atoms with Crippen molar-refractivity contribution in [2.75, 3.05) is 0 Å². The summed E-state index contributed by atoms with van der Waals surface area (Å²) in [6.07, 6.45) is -5.72. The van der Waals surface area contributed by atoms with E-state index >= 15 is 0 Å². The lowest BCUT2D eigenvalue weighted by atomic mass is 9.93. The lowest BCUT2D eigenvalue weighted by Crippen LogP contribution is -2.69. The van der Waals surface area contributed by atoms with Crippen molar-refractivity contribution >= 4 is 0 Å². The Morgan fingerprint density at radius 2 is 1.18 bits per heavy atom. The lowest BCUT2D eigenvalue weighted by molar-refractivity contribution is -0.458. The monoisotopic (exact) mass is 354 g/mol. The molecule has 2 nitrogen and oxygen atoms in total. The van der Waals surface area contributed by atoms with Crippen molar-refractivity contribution in [2.45, 2.75) is 62.1 Å². The van der Waals surface area contributed by atoms with Gasteiger partial charge < -0.3 is 10.2 Å². The summed E-state index contributed by atoms with van der Waals surface area (Å²) in [6, 6.07) is -6.23. The number of alkyl halides is 10. The summed E-state index contributed by atoms with van der Waals surface area (Å²) < 4.78 is 129. The molecule has 0 aromatic rings. The number of hydrogen-bond acceptors (Lipinski definition) is 2. The summed E-state index contributed by atoms with van der Waals surface area (Å²) in [6.45, 7) is 1.32. The summed E-state index contributed by atoms with van der Waals surface area (Å²) in [5.41, 5.74) is 0. The van der Waals surface area contributed by atoms with E-state index in [-0.39, 0.29) is 6.42 Å². The molecule has 1 atom stereocenters. The van der Waals surface area contributed by atoms with Gasteiger partial charge in [0.15, 0.2) is 6.17 Å². The van der Waals surface area contributed by atoms with Gasteiger partial charge in [-0.25, -0.2) is 4.39 Å². The Hall–Kier alpha value is -0.780. The van der Waals surface area contributed by atoms with E-state index in [1.165, 1.54) is 6.92 Å². The van der Waals surface area contributed by atoms with E-state index in [1.54, 1.807) is 0 Å². The molecule has 0 aromatic carbocycles. The summed E-state index contributed by atoms with van der Waals surface area (Å²) in [5, 5.41) is 15.6. The van der Waals surface area contributed by atoms with Crippen molar-refractivity contribution in [1.29, 1.82) is 0 Å². The van der Waals surface area contributed by atoms with Crippen LogP contribution in [0.4, 0.5) is 43.9 Å². The van der Waals surface area contributed by atoms with E-state index in [9.17, 15) is 43.9 Å². The third-order valence-electron chi connectivity index (χ3n) is 2.81. The fraction of sp³-hybridized carbons (Fsp3) is 1.00. The molecule has 0 amide bonds. The second kappa shape index (κ2) is 6.02. The zero-order chi connectivity index (χ0) is 18.2. The maximum Gasteiger partial charge on any atom is 0.400 e. The smallest absolute Gasteiger partial charge is 0.335 e. The largest absolute Gasteiger partial charge is 0.400 e. The highest BCUT2D eigenvalue weighted by Crippen LogP contribution is 2.57. The Labute approximate surface area is 117 Å². The number of aliphatic hydroxyl groups is 2. The van der Waals surface area contributed by atoms with Crippen molar-refractivity contribution in [3.63, 3.8) is 0 Å². The van der Waals surface area contributed by atoms with Crippen LogP contribution < -0.4 is 0 Å². The third kappa shape index (κ3) is 3.12. The van der Waals surface area contributed by atoms with Crippen LogP contribution in [0.5, 0.6) is 0 Å². The highest BCUT2D eigenvalue weighted by Gasteiger charge is 2.86. The number of halogens is 10. The molecule has 134 valence electrons. The third-order valence-corrected chi connectivity index (χ3v) is 2.81. The molecule has 0 rings (SSSR count). The predicted octanol–water partition coefficient (Wildman–Crippen LogP) is 3.66. The molecular weight excluding hydrogens is 342 g/mol. The summed E-state index contributed by atoms with van der Waals surface area (Å²) in [5.74, 6) is -27.7. The van der Waals surface area contributed by atoms with Crippen LogP contribution in [0, 0.1) is 0 Å². The minimum absolute atomic E-state index is 0.00942. The first-order chi connectivity index (χ1) is 9.48. The molecule has 0 aliphatic carbocycles. The first kappa shape index (κ1) is 21.2. The zero-order valence-electron chi connectivity index (χ0n) is 10.9. The van der Waals surface area contributed by atoms with Crippen molar-refractivity contribution < 1.29 is 54.1 Å². The summed E-state index contributed by atoms with van der Waals surface area (Å²) in [7, 11) is 0. The maximum absolute atomic E-state index is 13.1. The Morgan fingerprint density at radius 1 is 0.773 bits per heavy atom. The molecule has 0 radical (unpaired) electrons. The van der Waals surface area contributed by atoms with E-state index < -0.39 is 48.7 Å². The van der Waals surface area contributed by atoms with Gasteiger partial charge in [-0.1, -0.05) is 19.8 Å². The molecule has 22 heavy (non-hydrogen) atoms. The van der Waals surface area contributed by atoms with Crippen LogP contribution in [0.15, 0.2) is 0 Å². The van der Waals surface area contributed by atoms with Crippen molar-refractivity contribution in [2.24, 2.45) is 0 Å². The average Bonchev–Trinajstić information content (AvgIpc) is 2.33. The van der Waals surface area contributed by atoms with E-state index in [0.29, 0.717) is 0 Å². The highest BCUT2D eigenvalue weighted by atomic mass is 19.4. The van der Waals surface area contributed by atoms with Gasteiger partial charge in [-0.15, -0.1) is 0 Å². The van der Waals surface area contributed by atoms with E-state index in [4.69, 9.17) is 10.2 Å². The fourth-order valence-electron chi connectivity index (χ4n) is 1.37. The van der Waals surface area contributed by atoms with E-state index in [0.717, 1.165) is 0 Å². The fourth-order valence-corrected chi connectivity index (χ4v) is 1.37. The minimum Gasteiger partial charge on any atom is -0.335 e. The predicted molar refractivity (Wildman–Crippen MR) is 52.5 cm³/mol. The molecule has 0 heterocycles. The number of rotatable bonds is 8. The van der Waals surface area contributed by atoms with Crippen LogP contribution in [-0.2, 0) is 0 Å². The van der Waals surface area contributed by atoms with Crippen molar-refractivity contribution in [3.05, 3.63) is 0 Å². The molecule has 0 aromatic heterocycles. The summed E-state index contributed by atoms with van der Waals surface area (Å²) >= 11 is 0. The standard InChI is InChI=1S/C10H12F10O2/c1-2-3-4-5(11)6(12,13)7(14,15)8(16,17)9(18,19)10(20,21)22/h5,21-22H,2-4H2,1H3. The van der Waals surface area contributed by atoms with Crippen LogP contribution in [0.1, 0.15) is 26.2 Å². The van der Waals surface area contributed by atoms with Crippen LogP contribution in [0.3, 0.4) is 0 Å². The normalized spacial score (nSPS) is 16.8. The highest BCUT2D eigenvalue weighted by molar-refractivity contribution is 5.07. The first-order valence-electron chi connectivity index (χ1n) is 5.77. The topological polar surface area (TPSA) is 40.5 Å². The Kier molecular flexibility index (Phi) is 5.81. The second-order valence-electron chi connectivity index (χ2n) is 4.54.